The smallest absolute Gasteiger partial charge is 0.257 e. The molecule has 0 bridgehead atoms. The van der Waals surface area contributed by atoms with Crippen LogP contribution in [0, 0.1) is 0 Å². The molecule has 0 aliphatic heterocycles. The van der Waals surface area contributed by atoms with Gasteiger partial charge in [0.2, 0.25) is 5.91 Å². The summed E-state index contributed by atoms with van der Waals surface area (Å²) in [6, 6.07) is 15.9. The molecule has 0 aliphatic carbocycles. The van der Waals surface area contributed by atoms with Crippen molar-refractivity contribution in [1.29, 1.82) is 0 Å². The minimum atomic E-state index is -0.0279. The van der Waals surface area contributed by atoms with Crippen molar-refractivity contribution in [2.75, 3.05) is 18.8 Å². The third kappa shape index (κ3) is 5.34. The van der Waals surface area contributed by atoms with E-state index < -0.39 is 0 Å². The zero-order valence-electron chi connectivity index (χ0n) is 15.8. The van der Waals surface area contributed by atoms with Gasteiger partial charge in [0, 0.05) is 13.1 Å². The Bertz CT molecular complexity index is 857. The van der Waals surface area contributed by atoms with Gasteiger partial charge in [0.15, 0.2) is 5.58 Å². The number of fused-ring (bicyclic) bond motifs is 1. The number of oxazole rings is 1. The van der Waals surface area contributed by atoms with Crippen LogP contribution in [0.1, 0.15) is 25.0 Å². The molecule has 3 aromatic rings. The first-order valence-electron chi connectivity index (χ1n) is 9.23. The zero-order chi connectivity index (χ0) is 19.1. The van der Waals surface area contributed by atoms with Crippen molar-refractivity contribution in [3.05, 3.63) is 59.7 Å². The summed E-state index contributed by atoms with van der Waals surface area (Å²) in [5.41, 5.74) is 3.97. The maximum absolute atomic E-state index is 12.2. The summed E-state index contributed by atoms with van der Waals surface area (Å²) in [6.45, 7) is 7.78. The molecule has 1 aromatic heterocycles. The molecule has 0 atom stereocenters. The Hall–Kier alpha value is -2.31. The van der Waals surface area contributed by atoms with Crippen LogP contribution in [0.15, 0.2) is 58.2 Å². The third-order valence-electron chi connectivity index (χ3n) is 4.48. The van der Waals surface area contributed by atoms with Gasteiger partial charge in [-0.15, -0.1) is 0 Å². The summed E-state index contributed by atoms with van der Waals surface area (Å²) in [5.74, 6) is 0.255. The quantitative estimate of drug-likeness (QED) is 0.564. The highest BCUT2D eigenvalue weighted by atomic mass is 32.2. The normalized spacial score (nSPS) is 11.2. The largest absolute Gasteiger partial charge is 0.431 e. The number of hydrogen-bond acceptors (Lipinski definition) is 5. The summed E-state index contributed by atoms with van der Waals surface area (Å²) in [5, 5.41) is 3.53. The van der Waals surface area contributed by atoms with E-state index in [1.165, 1.54) is 17.3 Å². The highest BCUT2D eigenvalue weighted by Gasteiger charge is 2.10. The van der Waals surface area contributed by atoms with E-state index in [1.807, 2.05) is 36.4 Å². The molecule has 0 saturated carbocycles. The van der Waals surface area contributed by atoms with Gasteiger partial charge in [-0.2, -0.15) is 0 Å². The number of hydrogen-bond donors (Lipinski definition) is 1. The fourth-order valence-corrected chi connectivity index (χ4v) is 3.53. The molecule has 0 spiro atoms. The van der Waals surface area contributed by atoms with Crippen LogP contribution in [0.25, 0.3) is 11.1 Å². The van der Waals surface area contributed by atoms with Crippen LogP contribution in [0.2, 0.25) is 0 Å². The van der Waals surface area contributed by atoms with Crippen LogP contribution in [0.5, 0.6) is 0 Å². The first-order valence-corrected chi connectivity index (χ1v) is 10.2. The first kappa shape index (κ1) is 19.5. The minimum Gasteiger partial charge on any atom is -0.431 e. The molecule has 2 aromatic carbocycles. The van der Waals surface area contributed by atoms with Crippen molar-refractivity contribution in [2.24, 2.45) is 0 Å². The van der Waals surface area contributed by atoms with E-state index in [9.17, 15) is 4.79 Å². The van der Waals surface area contributed by atoms with Gasteiger partial charge in [-0.25, -0.2) is 4.98 Å². The van der Waals surface area contributed by atoms with E-state index in [-0.39, 0.29) is 11.7 Å². The number of thioether (sulfide) groups is 1. The molecular weight excluding hydrogens is 358 g/mol. The van der Waals surface area contributed by atoms with Crippen molar-refractivity contribution in [3.63, 3.8) is 0 Å². The molecular formula is C21H25N3O2S. The van der Waals surface area contributed by atoms with E-state index in [1.54, 1.807) is 0 Å². The van der Waals surface area contributed by atoms with Gasteiger partial charge in [-0.05, 0) is 36.3 Å². The number of nitrogens with one attached hydrogen (secondary N) is 1. The SMILES string of the molecule is CCN(CC)Cc1ccccc1CNC(=O)CSc1nc2ccccc2o1. The second-order valence-electron chi connectivity index (χ2n) is 6.24. The van der Waals surface area contributed by atoms with E-state index in [4.69, 9.17) is 4.42 Å². The van der Waals surface area contributed by atoms with Gasteiger partial charge in [0.25, 0.3) is 5.22 Å². The number of carbonyl (C=O) groups excluding carboxylic acids is 1. The van der Waals surface area contributed by atoms with E-state index in [0.717, 1.165) is 36.3 Å². The highest BCUT2D eigenvalue weighted by Crippen LogP contribution is 2.22. The van der Waals surface area contributed by atoms with Crippen LogP contribution in [-0.4, -0.2) is 34.6 Å². The Balaban J connectivity index is 1.53. The lowest BCUT2D eigenvalue weighted by atomic mass is 10.1. The Kier molecular flexibility index (Phi) is 6.90. The standard InChI is InChI=1S/C21H25N3O2S/c1-3-24(4-2)14-17-10-6-5-9-16(17)13-22-20(25)15-27-21-23-18-11-7-8-12-19(18)26-21/h5-12H,3-4,13-15H2,1-2H3,(H,22,25). The Morgan fingerprint density at radius 3 is 2.52 bits per heavy atom. The average Bonchev–Trinajstić information content (AvgIpc) is 3.12. The zero-order valence-corrected chi connectivity index (χ0v) is 16.6. The van der Waals surface area contributed by atoms with E-state index in [0.29, 0.717) is 11.8 Å². The molecule has 142 valence electrons. The van der Waals surface area contributed by atoms with Gasteiger partial charge in [-0.1, -0.05) is 62.0 Å². The van der Waals surface area contributed by atoms with Crippen molar-refractivity contribution >= 4 is 28.8 Å². The van der Waals surface area contributed by atoms with Gasteiger partial charge < -0.3 is 9.73 Å². The van der Waals surface area contributed by atoms with Crippen LogP contribution in [-0.2, 0) is 17.9 Å². The summed E-state index contributed by atoms with van der Waals surface area (Å²) >= 11 is 1.31. The Labute approximate surface area is 164 Å². The molecule has 1 heterocycles. The predicted molar refractivity (Wildman–Crippen MR) is 110 cm³/mol. The topological polar surface area (TPSA) is 58.4 Å². The third-order valence-corrected chi connectivity index (χ3v) is 5.31. The van der Waals surface area contributed by atoms with Crippen LogP contribution >= 0.6 is 11.8 Å². The lowest BCUT2D eigenvalue weighted by Gasteiger charge is -2.20. The van der Waals surface area contributed by atoms with Gasteiger partial charge in [0.1, 0.15) is 5.52 Å². The molecule has 0 radical (unpaired) electrons. The monoisotopic (exact) mass is 383 g/mol. The molecule has 0 saturated heterocycles. The second-order valence-corrected chi connectivity index (χ2v) is 7.17. The summed E-state index contributed by atoms with van der Waals surface area (Å²) in [6.07, 6.45) is 0. The molecule has 3 rings (SSSR count). The minimum absolute atomic E-state index is 0.0279. The molecule has 0 aliphatic rings. The Morgan fingerprint density at radius 1 is 1.07 bits per heavy atom. The Morgan fingerprint density at radius 2 is 1.78 bits per heavy atom. The molecule has 1 N–H and O–H groups in total. The fourth-order valence-electron chi connectivity index (χ4n) is 2.86. The molecule has 6 heteroatoms. The van der Waals surface area contributed by atoms with Crippen molar-refractivity contribution in [3.8, 4) is 0 Å². The van der Waals surface area contributed by atoms with Crippen LogP contribution in [0.4, 0.5) is 0 Å². The van der Waals surface area contributed by atoms with Crippen LogP contribution in [0.3, 0.4) is 0 Å². The summed E-state index contributed by atoms with van der Waals surface area (Å²) in [7, 11) is 0. The molecule has 1 amide bonds. The van der Waals surface area contributed by atoms with Gasteiger partial charge >= 0.3 is 0 Å². The highest BCUT2D eigenvalue weighted by molar-refractivity contribution is 7.99. The lowest BCUT2D eigenvalue weighted by Crippen LogP contribution is -2.27. The molecule has 0 unspecified atom stereocenters. The number of carbonyl (C=O) groups is 1. The predicted octanol–water partition coefficient (Wildman–Crippen LogP) is 4.08. The van der Waals surface area contributed by atoms with Crippen molar-refractivity contribution in [2.45, 2.75) is 32.2 Å². The van der Waals surface area contributed by atoms with Gasteiger partial charge in [-0.3, -0.25) is 9.69 Å². The average molecular weight is 384 g/mol. The number of amides is 1. The lowest BCUT2D eigenvalue weighted by molar-refractivity contribution is -0.118. The second kappa shape index (κ2) is 9.58. The van der Waals surface area contributed by atoms with E-state index in [2.05, 4.69) is 41.2 Å². The molecule has 27 heavy (non-hydrogen) atoms. The summed E-state index contributed by atoms with van der Waals surface area (Å²) < 4.78 is 5.64. The first-order chi connectivity index (χ1) is 13.2. The fraction of sp³-hybridized carbons (Fsp3) is 0.333. The van der Waals surface area contributed by atoms with Crippen molar-refractivity contribution < 1.29 is 9.21 Å². The molecule has 0 fully saturated rings. The van der Waals surface area contributed by atoms with Crippen molar-refractivity contribution in [1.82, 2.24) is 15.2 Å². The number of benzene rings is 2. The van der Waals surface area contributed by atoms with E-state index >= 15 is 0 Å². The maximum Gasteiger partial charge on any atom is 0.257 e. The van der Waals surface area contributed by atoms with Crippen LogP contribution < -0.4 is 5.32 Å². The van der Waals surface area contributed by atoms with Gasteiger partial charge in [0.05, 0.1) is 5.75 Å². The number of nitrogens with zero attached hydrogens (tertiary/aromatic N) is 2. The summed E-state index contributed by atoms with van der Waals surface area (Å²) in [4.78, 5) is 19.0. The number of para-hydroxylation sites is 2. The number of aromatic nitrogens is 1. The number of rotatable bonds is 9. The molecule has 5 nitrogen and oxygen atoms in total. The maximum atomic E-state index is 12.2.